The van der Waals surface area contributed by atoms with Gasteiger partial charge < -0.3 is 52.3 Å². The van der Waals surface area contributed by atoms with Gasteiger partial charge in [0.05, 0.1) is 18.1 Å². The molecule has 2 heterocycles. The molecule has 2 saturated heterocycles. The van der Waals surface area contributed by atoms with Crippen LogP contribution in [0, 0.1) is 10.8 Å². The maximum Gasteiger partial charge on any atom is 0.251 e. The highest BCUT2D eigenvalue weighted by Gasteiger charge is 2.43. The molecular weight excluding hydrogens is 972 g/mol. The number of halogens is 2. The normalized spacial score (nSPS) is 18.1. The van der Waals surface area contributed by atoms with Crippen LogP contribution in [0.15, 0.2) is 84.9 Å². The van der Waals surface area contributed by atoms with Gasteiger partial charge in [-0.3, -0.25) is 33.6 Å². The average Bonchev–Trinajstić information content (AvgIpc) is 4.06. The molecule has 3 aromatic carbocycles. The smallest absolute Gasteiger partial charge is 0.251 e. The van der Waals surface area contributed by atoms with Gasteiger partial charge in [-0.05, 0) is 99.8 Å². The predicted molar refractivity (Wildman–Crippen MR) is 289 cm³/mol. The van der Waals surface area contributed by atoms with Crippen LogP contribution in [0.5, 0.6) is 0 Å². The van der Waals surface area contributed by atoms with E-state index in [1.807, 2.05) is 107 Å². The van der Waals surface area contributed by atoms with E-state index in [1.54, 1.807) is 57.1 Å². The summed E-state index contributed by atoms with van der Waals surface area (Å²) in [7, 11) is 3.38. The number of benzene rings is 3. The van der Waals surface area contributed by atoms with Gasteiger partial charge in [0.1, 0.15) is 18.1 Å². The van der Waals surface area contributed by atoms with Crippen molar-refractivity contribution in [2.75, 3.05) is 46.8 Å². The minimum absolute atomic E-state index is 0. The first kappa shape index (κ1) is 61.7. The molecule has 0 saturated carbocycles. The molecule has 2 fully saturated rings. The second-order valence-electron chi connectivity index (χ2n) is 21.0. The molecule has 8 atom stereocenters. The van der Waals surface area contributed by atoms with Crippen LogP contribution in [0.4, 0.5) is 0 Å². The number of nitrogens with zero attached hydrogens (tertiary/aromatic N) is 2. The third-order valence-electron chi connectivity index (χ3n) is 13.6. The molecule has 19 heteroatoms. The van der Waals surface area contributed by atoms with E-state index in [4.69, 9.17) is 0 Å². The molecule has 2 aliphatic heterocycles. The van der Waals surface area contributed by atoms with E-state index >= 15 is 0 Å². The SMILES string of the molecule is CN[C@@H](C)C(=O)N[C@H](C(=O)N1CCCC1CN[C@H](CNC(=O)c1ccc(C(=O)NC[C@@H](NC(=O)C2CCCN2C(=O)[C@@H](NC(=O)[C@H](C)NC)C(C)(C)C)c2ccccc2)cc1)c1ccccc1)C(C)(C)C.Cl.Cl. The third-order valence-corrected chi connectivity index (χ3v) is 13.6. The third kappa shape index (κ3) is 17.0. The second kappa shape index (κ2) is 28.2. The Morgan fingerprint density at radius 1 is 0.562 bits per heavy atom. The number of carbonyl (C=O) groups is 7. The summed E-state index contributed by atoms with van der Waals surface area (Å²) in [6, 6.07) is 21.1. The minimum atomic E-state index is -0.856. The van der Waals surface area contributed by atoms with Gasteiger partial charge in [-0.1, -0.05) is 102 Å². The van der Waals surface area contributed by atoms with E-state index in [0.29, 0.717) is 43.6 Å². The first-order chi connectivity index (χ1) is 33.6. The van der Waals surface area contributed by atoms with E-state index in [0.717, 1.165) is 24.0 Å². The Kier molecular flexibility index (Phi) is 23.8. The van der Waals surface area contributed by atoms with Gasteiger partial charge in [-0.2, -0.15) is 0 Å². The molecule has 0 radical (unpaired) electrons. The standard InChI is InChI=1S/C54H78N10O7.2ClH/c1-34(55-9)46(65)61-44(53(3,4)5)51(70)63-29-17-23-40(63)31-57-41(36-19-13-11-14-20-36)32-58-48(67)38-25-27-39(28-26-38)49(68)59-33-42(37-21-15-12-16-22-37)60-50(69)43-24-18-30-64(43)52(71)45(54(6,7)8)62-47(66)35(2)56-10;;/h11-16,19-22,25-28,34-35,40-45,55-57H,17-18,23-24,29-33H2,1-10H3,(H,58,67)(H,59,68)(H,60,69)(H,61,65)(H,62,66);2*1H/t34-,35-,40?,41+,42+,43?,44+,45+;;/m0../s1. The van der Waals surface area contributed by atoms with Crippen LogP contribution in [-0.2, 0) is 24.0 Å². The van der Waals surface area contributed by atoms with E-state index in [-0.39, 0.29) is 85.4 Å². The molecule has 17 nitrogen and oxygen atoms in total. The van der Waals surface area contributed by atoms with Crippen molar-refractivity contribution in [3.63, 3.8) is 0 Å². The predicted octanol–water partition coefficient (Wildman–Crippen LogP) is 4.44. The van der Waals surface area contributed by atoms with E-state index in [9.17, 15) is 33.6 Å². The van der Waals surface area contributed by atoms with Crippen molar-refractivity contribution >= 4 is 66.2 Å². The highest BCUT2D eigenvalue weighted by molar-refractivity contribution is 5.98. The molecule has 8 N–H and O–H groups in total. The van der Waals surface area contributed by atoms with Crippen LogP contribution in [0.3, 0.4) is 0 Å². The Hall–Kier alpha value is -5.59. The fourth-order valence-electron chi connectivity index (χ4n) is 8.91. The van der Waals surface area contributed by atoms with Gasteiger partial charge in [-0.25, -0.2) is 0 Å². The van der Waals surface area contributed by atoms with Crippen LogP contribution in [0.2, 0.25) is 0 Å². The summed E-state index contributed by atoms with van der Waals surface area (Å²) >= 11 is 0. The fourth-order valence-corrected chi connectivity index (χ4v) is 8.91. The van der Waals surface area contributed by atoms with Crippen molar-refractivity contribution in [3.05, 3.63) is 107 Å². The maximum atomic E-state index is 14.1. The quantitative estimate of drug-likeness (QED) is 0.0750. The van der Waals surface area contributed by atoms with E-state index in [1.165, 1.54) is 0 Å². The van der Waals surface area contributed by atoms with Gasteiger partial charge in [-0.15, -0.1) is 24.8 Å². The van der Waals surface area contributed by atoms with E-state index < -0.39 is 53.0 Å². The monoisotopic (exact) mass is 1050 g/mol. The molecular formula is C54H80Cl2N10O7. The van der Waals surface area contributed by atoms with Crippen molar-refractivity contribution in [2.45, 2.75) is 129 Å². The molecule has 3 aromatic rings. The molecule has 2 aliphatic rings. The van der Waals surface area contributed by atoms with Crippen molar-refractivity contribution in [2.24, 2.45) is 10.8 Å². The molecule has 0 bridgehead atoms. The van der Waals surface area contributed by atoms with Crippen LogP contribution < -0.4 is 42.5 Å². The summed E-state index contributed by atoms with van der Waals surface area (Å²) in [5.74, 6) is -2.07. The Balaban J connectivity index is 0.00000703. The molecule has 402 valence electrons. The molecule has 0 aliphatic carbocycles. The zero-order valence-electron chi connectivity index (χ0n) is 44.1. The molecule has 0 aromatic heterocycles. The average molecular weight is 1050 g/mol. The van der Waals surface area contributed by atoms with Crippen LogP contribution in [-0.4, -0.2) is 134 Å². The number of hydrogen-bond acceptors (Lipinski definition) is 10. The van der Waals surface area contributed by atoms with Crippen molar-refractivity contribution in [1.29, 1.82) is 0 Å². The summed E-state index contributed by atoms with van der Waals surface area (Å²) < 4.78 is 0. The fraction of sp³-hybridized carbons (Fsp3) is 0.537. The number of hydrogen-bond donors (Lipinski definition) is 8. The summed E-state index contributed by atoms with van der Waals surface area (Å²) in [6.45, 7) is 16.7. The summed E-state index contributed by atoms with van der Waals surface area (Å²) in [5.41, 5.74) is 1.26. The molecule has 5 rings (SSSR count). The van der Waals surface area contributed by atoms with Crippen LogP contribution in [0.25, 0.3) is 0 Å². The van der Waals surface area contributed by atoms with Gasteiger partial charge >= 0.3 is 0 Å². The van der Waals surface area contributed by atoms with Gasteiger partial charge in [0.25, 0.3) is 11.8 Å². The zero-order valence-corrected chi connectivity index (χ0v) is 45.8. The van der Waals surface area contributed by atoms with Crippen molar-refractivity contribution in [3.8, 4) is 0 Å². The lowest BCUT2D eigenvalue weighted by Crippen LogP contribution is -2.59. The number of amides is 7. The van der Waals surface area contributed by atoms with Gasteiger partial charge in [0, 0.05) is 55.9 Å². The number of nitrogens with one attached hydrogen (secondary N) is 8. The second-order valence-corrected chi connectivity index (χ2v) is 21.0. The van der Waals surface area contributed by atoms with E-state index in [2.05, 4.69) is 42.5 Å². The number of likely N-dealkylation sites (N-methyl/N-ethyl adjacent to an activating group) is 2. The summed E-state index contributed by atoms with van der Waals surface area (Å²) in [5, 5.41) is 24.4. The molecule has 2 unspecified atom stereocenters. The van der Waals surface area contributed by atoms with Gasteiger partial charge in [0.2, 0.25) is 29.5 Å². The lowest BCUT2D eigenvalue weighted by atomic mass is 9.85. The topological polar surface area (TPSA) is 222 Å². The maximum absolute atomic E-state index is 14.1. The van der Waals surface area contributed by atoms with Crippen LogP contribution in [0.1, 0.15) is 125 Å². The largest absolute Gasteiger partial charge is 0.350 e. The molecule has 0 spiro atoms. The Bertz CT molecular complexity index is 2300. The number of likely N-dealkylation sites (tertiary alicyclic amines) is 2. The Labute approximate surface area is 444 Å². The highest BCUT2D eigenvalue weighted by Crippen LogP contribution is 2.28. The zero-order chi connectivity index (χ0) is 52.0. The molecule has 7 amide bonds. The Morgan fingerprint density at radius 2 is 0.973 bits per heavy atom. The van der Waals surface area contributed by atoms with Gasteiger partial charge in [0.15, 0.2) is 0 Å². The van der Waals surface area contributed by atoms with Crippen molar-refractivity contribution < 1.29 is 33.6 Å². The number of rotatable bonds is 21. The number of carbonyl (C=O) groups excluding carboxylic acids is 7. The minimum Gasteiger partial charge on any atom is -0.350 e. The van der Waals surface area contributed by atoms with Crippen LogP contribution >= 0.6 is 24.8 Å². The Morgan fingerprint density at radius 3 is 1.42 bits per heavy atom. The first-order valence-corrected chi connectivity index (χ1v) is 25.0. The highest BCUT2D eigenvalue weighted by atomic mass is 35.5. The summed E-state index contributed by atoms with van der Waals surface area (Å²) in [4.78, 5) is 98.6. The lowest BCUT2D eigenvalue weighted by Gasteiger charge is -2.36. The lowest BCUT2D eigenvalue weighted by molar-refractivity contribution is -0.144. The first-order valence-electron chi connectivity index (χ1n) is 25.0. The summed E-state index contributed by atoms with van der Waals surface area (Å²) in [6.07, 6.45) is 2.70. The molecule has 73 heavy (non-hydrogen) atoms. The van der Waals surface area contributed by atoms with Crippen molar-refractivity contribution in [1.82, 2.24) is 52.3 Å².